The molecule has 0 N–H and O–H groups in total. The number of rotatable bonds is 49. The molecule has 0 aliphatic rings. The van der Waals surface area contributed by atoms with E-state index in [4.69, 9.17) is 14.2 Å². The summed E-state index contributed by atoms with van der Waals surface area (Å²) >= 11 is 0. The Morgan fingerprint density at radius 2 is 0.625 bits per heavy atom. The van der Waals surface area contributed by atoms with Crippen LogP contribution in [-0.4, -0.2) is 37.2 Å². The van der Waals surface area contributed by atoms with Crippen molar-refractivity contribution >= 4 is 17.9 Å². The summed E-state index contributed by atoms with van der Waals surface area (Å²) in [5.74, 6) is -0.922. The van der Waals surface area contributed by atoms with Gasteiger partial charge in [-0.15, -0.1) is 0 Å². The van der Waals surface area contributed by atoms with Gasteiger partial charge in [0.15, 0.2) is 6.10 Å². The number of ether oxygens (including phenoxy) is 3. The minimum absolute atomic E-state index is 0.0864. The summed E-state index contributed by atoms with van der Waals surface area (Å²) in [7, 11) is 0. The summed E-state index contributed by atoms with van der Waals surface area (Å²) in [5, 5.41) is 0. The first kappa shape index (κ1) is 61.1. The largest absolute Gasteiger partial charge is 0.462 e. The van der Waals surface area contributed by atoms with Crippen LogP contribution in [0.2, 0.25) is 0 Å². The van der Waals surface area contributed by atoms with E-state index in [1.807, 2.05) is 30.4 Å². The van der Waals surface area contributed by atoms with E-state index in [9.17, 15) is 14.4 Å². The van der Waals surface area contributed by atoms with Crippen LogP contribution in [0.5, 0.6) is 0 Å². The van der Waals surface area contributed by atoms with Crippen molar-refractivity contribution in [1.82, 2.24) is 0 Å². The highest BCUT2D eigenvalue weighted by atomic mass is 16.6. The zero-order valence-corrected chi connectivity index (χ0v) is 42.3. The summed E-state index contributed by atoms with van der Waals surface area (Å²) in [6, 6.07) is 0. The fourth-order valence-electron chi connectivity index (χ4n) is 7.74. The van der Waals surface area contributed by atoms with Crippen molar-refractivity contribution in [3.63, 3.8) is 0 Å². The van der Waals surface area contributed by atoms with Crippen LogP contribution in [0.4, 0.5) is 0 Å². The van der Waals surface area contributed by atoms with Gasteiger partial charge in [0, 0.05) is 19.3 Å². The van der Waals surface area contributed by atoms with Gasteiger partial charge in [0.05, 0.1) is 0 Å². The summed E-state index contributed by atoms with van der Waals surface area (Å²) in [6.45, 7) is 6.47. The summed E-state index contributed by atoms with van der Waals surface area (Å²) < 4.78 is 16.8. The Morgan fingerprint density at radius 1 is 0.328 bits per heavy atom. The van der Waals surface area contributed by atoms with E-state index in [1.54, 1.807) is 0 Å². The van der Waals surface area contributed by atoms with Crippen molar-refractivity contribution in [1.29, 1.82) is 0 Å². The smallest absolute Gasteiger partial charge is 0.306 e. The molecule has 0 aliphatic carbocycles. The second-order valence-electron chi connectivity index (χ2n) is 18.2. The molecule has 6 nitrogen and oxygen atoms in total. The minimum Gasteiger partial charge on any atom is -0.462 e. The van der Waals surface area contributed by atoms with E-state index in [1.165, 1.54) is 161 Å². The molecule has 0 aromatic heterocycles. The monoisotopic (exact) mass is 895 g/mol. The topological polar surface area (TPSA) is 78.9 Å². The lowest BCUT2D eigenvalue weighted by Gasteiger charge is -2.18. The lowest BCUT2D eigenvalue weighted by Crippen LogP contribution is -2.30. The molecule has 0 heterocycles. The lowest BCUT2D eigenvalue weighted by atomic mass is 10.0. The maximum Gasteiger partial charge on any atom is 0.306 e. The zero-order valence-electron chi connectivity index (χ0n) is 42.3. The maximum absolute atomic E-state index is 12.8. The molecule has 0 aromatic carbocycles. The molecule has 0 fully saturated rings. The van der Waals surface area contributed by atoms with Gasteiger partial charge in [-0.2, -0.15) is 0 Å². The van der Waals surface area contributed by atoms with Crippen molar-refractivity contribution in [2.75, 3.05) is 13.2 Å². The highest BCUT2D eigenvalue weighted by Gasteiger charge is 2.19. The molecule has 0 aromatic rings. The van der Waals surface area contributed by atoms with Gasteiger partial charge < -0.3 is 14.2 Å². The Morgan fingerprint density at radius 3 is 1.03 bits per heavy atom. The van der Waals surface area contributed by atoms with E-state index in [0.29, 0.717) is 19.3 Å². The van der Waals surface area contributed by atoms with E-state index < -0.39 is 6.10 Å². The van der Waals surface area contributed by atoms with E-state index in [2.05, 4.69) is 51.2 Å². The number of unbranched alkanes of at least 4 members (excludes halogenated alkanes) is 31. The predicted molar refractivity (Wildman–Crippen MR) is 275 cm³/mol. The highest BCUT2D eigenvalue weighted by Crippen LogP contribution is 2.16. The molecule has 370 valence electrons. The number of hydrogen-bond acceptors (Lipinski definition) is 6. The van der Waals surface area contributed by atoms with Gasteiger partial charge in [0.2, 0.25) is 0 Å². The molecule has 6 heteroatoms. The molecule has 1 atom stereocenters. The van der Waals surface area contributed by atoms with Crippen molar-refractivity contribution < 1.29 is 28.6 Å². The maximum atomic E-state index is 12.8. The summed E-state index contributed by atoms with van der Waals surface area (Å²) in [5.41, 5.74) is 0. The fraction of sp³-hybridized carbons (Fsp3) is 0.776. The number of allylic oxidation sites excluding steroid dienone is 10. The van der Waals surface area contributed by atoms with Crippen LogP contribution in [0, 0.1) is 0 Å². The lowest BCUT2D eigenvalue weighted by molar-refractivity contribution is -0.167. The Bertz CT molecular complexity index is 1170. The Balaban J connectivity index is 4.38. The normalized spacial score (nSPS) is 12.5. The van der Waals surface area contributed by atoms with Gasteiger partial charge in [-0.1, -0.05) is 248 Å². The van der Waals surface area contributed by atoms with Gasteiger partial charge in [-0.25, -0.2) is 0 Å². The van der Waals surface area contributed by atoms with Crippen LogP contribution in [0.1, 0.15) is 271 Å². The summed E-state index contributed by atoms with van der Waals surface area (Å²) in [6.07, 6.45) is 65.0. The van der Waals surface area contributed by atoms with Crippen LogP contribution in [-0.2, 0) is 28.6 Å². The van der Waals surface area contributed by atoms with Gasteiger partial charge in [-0.3, -0.25) is 14.4 Å². The number of carbonyl (C=O) groups is 3. The molecule has 0 spiro atoms. The highest BCUT2D eigenvalue weighted by molar-refractivity contribution is 5.71. The third-order valence-electron chi connectivity index (χ3n) is 11.9. The molecule has 64 heavy (non-hydrogen) atoms. The molecular weight excluding hydrogens is 793 g/mol. The average molecular weight is 895 g/mol. The van der Waals surface area contributed by atoms with Gasteiger partial charge in [0.1, 0.15) is 13.2 Å². The standard InChI is InChI=1S/C58H102O6/c1-4-7-10-13-16-19-22-25-27-28-29-31-33-36-39-42-45-48-51-57(60)63-54-55(53-62-56(59)50-47-44-41-38-35-32-24-21-18-15-12-9-6-3)64-58(61)52-49-46-43-40-37-34-30-26-23-20-17-14-11-8-5-2/h9,12,15,18,20-21,23-24,32,35,55H,4-8,10-11,13-14,16-17,19,22,25-31,33-34,36-54H2,1-3H3/b12-9+,18-15+,23-20+,24-21+,35-32+. The van der Waals surface area contributed by atoms with Crippen LogP contribution >= 0.6 is 0 Å². The average Bonchev–Trinajstić information content (AvgIpc) is 3.29. The second kappa shape index (κ2) is 52.7. The van der Waals surface area contributed by atoms with Crippen molar-refractivity contribution in [3.8, 4) is 0 Å². The molecule has 0 amide bonds. The third-order valence-corrected chi connectivity index (χ3v) is 11.9. The Labute approximate surface area is 396 Å². The first-order valence-electron chi connectivity index (χ1n) is 27.3. The number of hydrogen-bond donors (Lipinski definition) is 0. The van der Waals surface area contributed by atoms with Crippen LogP contribution < -0.4 is 0 Å². The van der Waals surface area contributed by atoms with E-state index in [0.717, 1.165) is 70.6 Å². The molecular formula is C58H102O6. The molecule has 0 aliphatic heterocycles. The quantitative estimate of drug-likeness (QED) is 0.0199. The first-order chi connectivity index (χ1) is 31.5. The van der Waals surface area contributed by atoms with Gasteiger partial charge >= 0.3 is 17.9 Å². The van der Waals surface area contributed by atoms with Crippen molar-refractivity contribution in [2.24, 2.45) is 0 Å². The molecule has 0 rings (SSSR count). The van der Waals surface area contributed by atoms with Crippen LogP contribution in [0.3, 0.4) is 0 Å². The summed E-state index contributed by atoms with van der Waals surface area (Å²) in [4.78, 5) is 38.0. The van der Waals surface area contributed by atoms with Crippen molar-refractivity contribution in [2.45, 2.75) is 277 Å². The third kappa shape index (κ3) is 50.1. The predicted octanol–water partition coefficient (Wildman–Crippen LogP) is 18.0. The van der Waals surface area contributed by atoms with Crippen LogP contribution in [0.15, 0.2) is 60.8 Å². The van der Waals surface area contributed by atoms with E-state index in [-0.39, 0.29) is 31.1 Å². The van der Waals surface area contributed by atoms with Crippen molar-refractivity contribution in [3.05, 3.63) is 60.8 Å². The molecule has 0 radical (unpaired) electrons. The number of esters is 3. The molecule has 0 saturated heterocycles. The van der Waals surface area contributed by atoms with Crippen LogP contribution in [0.25, 0.3) is 0 Å². The Hall–Kier alpha value is -2.89. The first-order valence-corrected chi connectivity index (χ1v) is 27.3. The molecule has 0 saturated carbocycles. The van der Waals surface area contributed by atoms with E-state index >= 15 is 0 Å². The fourth-order valence-corrected chi connectivity index (χ4v) is 7.74. The molecule has 1 unspecified atom stereocenters. The molecule has 0 bridgehead atoms. The number of carbonyl (C=O) groups excluding carboxylic acids is 3. The Kier molecular flexibility index (Phi) is 50.4. The SMILES string of the molecule is CC/C=C/C=C/C=C/C=C/CCCCCC(=O)OCC(COC(=O)CCCCCCCCCCCCCCCCCCCC)OC(=O)CCCCCCCCC/C=C/CCCCCC. The zero-order chi connectivity index (χ0) is 46.5. The van der Waals surface area contributed by atoms with Gasteiger partial charge in [-0.05, 0) is 64.2 Å². The minimum atomic E-state index is -0.790. The van der Waals surface area contributed by atoms with Gasteiger partial charge in [0.25, 0.3) is 0 Å². The second-order valence-corrected chi connectivity index (χ2v) is 18.2.